The Labute approximate surface area is 446 Å². The van der Waals surface area contributed by atoms with Gasteiger partial charge in [-0.3, -0.25) is 18.6 Å². The van der Waals surface area contributed by atoms with Crippen LogP contribution in [0.3, 0.4) is 0 Å². The Morgan fingerprint density at radius 3 is 1.12 bits per heavy atom. The fourth-order valence-corrected chi connectivity index (χ4v) is 8.07. The van der Waals surface area contributed by atoms with Gasteiger partial charge in [-0.2, -0.15) is 0 Å². The standard InChI is InChI=1S/C63H104NO8P/c1-3-5-7-9-11-13-15-17-19-21-23-25-26-27-28-29-30-31-32-33-34-36-38-40-42-44-46-48-50-52-54-56-63(66)72-61(60-71-73(67,68)70-58-57-64)59-69-62(65)55-53-51-49-47-45-43-41-39-37-35-24-22-20-18-16-14-12-10-8-6-4-2/h5,7,11,13,16-19,22-25,27-28,30-31,33-34,37-40,61H,3-4,6,8-10,12,14-15,20-21,26,29,32,35-36,41-60,64H2,1-2H3,(H,67,68)/b7-5-,13-11-,18-16-,19-17-,24-22-,25-23-,28-27-,31-30-,34-33-,39-37-,40-38-. The molecule has 0 saturated heterocycles. The lowest BCUT2D eigenvalue weighted by Crippen LogP contribution is -2.29. The Morgan fingerprint density at radius 2 is 0.753 bits per heavy atom. The van der Waals surface area contributed by atoms with Gasteiger partial charge in [0.1, 0.15) is 6.61 Å². The number of phosphoric ester groups is 1. The van der Waals surface area contributed by atoms with Crippen LogP contribution in [0, 0.1) is 0 Å². The summed E-state index contributed by atoms with van der Waals surface area (Å²) >= 11 is 0. The second-order valence-corrected chi connectivity index (χ2v) is 19.9. The summed E-state index contributed by atoms with van der Waals surface area (Å²) in [4.78, 5) is 35.2. The van der Waals surface area contributed by atoms with Crippen LogP contribution in [0.25, 0.3) is 0 Å². The van der Waals surface area contributed by atoms with Gasteiger partial charge in [0, 0.05) is 19.4 Å². The molecule has 0 heterocycles. The number of nitrogens with two attached hydrogens (primary N) is 1. The zero-order valence-corrected chi connectivity index (χ0v) is 47.0. The number of rotatable bonds is 52. The molecule has 2 atom stereocenters. The highest BCUT2D eigenvalue weighted by Gasteiger charge is 2.26. The van der Waals surface area contributed by atoms with E-state index in [9.17, 15) is 19.0 Å². The van der Waals surface area contributed by atoms with Crippen LogP contribution in [0.4, 0.5) is 0 Å². The molecule has 3 N–H and O–H groups in total. The van der Waals surface area contributed by atoms with Gasteiger partial charge in [0.2, 0.25) is 0 Å². The number of hydrogen-bond donors (Lipinski definition) is 2. The summed E-state index contributed by atoms with van der Waals surface area (Å²) < 4.78 is 33.0. The van der Waals surface area contributed by atoms with Crippen LogP contribution in [0.2, 0.25) is 0 Å². The van der Waals surface area contributed by atoms with Crippen LogP contribution in [0.15, 0.2) is 134 Å². The Balaban J connectivity index is 4.11. The van der Waals surface area contributed by atoms with E-state index in [0.717, 1.165) is 141 Å². The molecule has 10 heteroatoms. The smallest absolute Gasteiger partial charge is 0.462 e. The highest BCUT2D eigenvalue weighted by Crippen LogP contribution is 2.43. The van der Waals surface area contributed by atoms with E-state index in [-0.39, 0.29) is 32.6 Å². The lowest BCUT2D eigenvalue weighted by atomic mass is 10.1. The van der Waals surface area contributed by atoms with Crippen LogP contribution in [0.5, 0.6) is 0 Å². The number of esters is 2. The SMILES string of the molecule is CC/C=C\C/C=C\C/C=C\C/C=C\C/C=C\C/C=C\C/C=C\C/C=C\CCCCCCCCC(=O)OC(COC(=O)CCCCCCCC/C=C\C/C=C\C/C=C\CCCCCCC)COP(=O)(O)OCCN. The highest BCUT2D eigenvalue weighted by molar-refractivity contribution is 7.47. The summed E-state index contributed by atoms with van der Waals surface area (Å²) in [6.45, 7) is 3.57. The third kappa shape index (κ3) is 57.3. The molecule has 0 radical (unpaired) electrons. The molecule has 0 aromatic rings. The molecule has 0 saturated carbocycles. The number of hydrogen-bond acceptors (Lipinski definition) is 8. The van der Waals surface area contributed by atoms with Crippen molar-refractivity contribution in [2.24, 2.45) is 5.73 Å². The van der Waals surface area contributed by atoms with E-state index in [1.165, 1.54) is 38.5 Å². The maximum absolute atomic E-state index is 12.7. The van der Waals surface area contributed by atoms with Crippen molar-refractivity contribution in [2.75, 3.05) is 26.4 Å². The second kappa shape index (κ2) is 57.4. The van der Waals surface area contributed by atoms with E-state index in [2.05, 4.69) is 148 Å². The van der Waals surface area contributed by atoms with Crippen molar-refractivity contribution < 1.29 is 37.6 Å². The number of ether oxygens (including phenoxy) is 2. The van der Waals surface area contributed by atoms with Crippen molar-refractivity contribution in [3.05, 3.63) is 134 Å². The average Bonchev–Trinajstić information content (AvgIpc) is 3.38. The van der Waals surface area contributed by atoms with Crippen LogP contribution < -0.4 is 5.73 Å². The minimum absolute atomic E-state index is 0.0411. The highest BCUT2D eigenvalue weighted by atomic mass is 31.2. The number of carbonyl (C=O) groups excluding carboxylic acids is 2. The molecule has 0 aliphatic rings. The van der Waals surface area contributed by atoms with Crippen LogP contribution >= 0.6 is 7.82 Å². The fraction of sp³-hybridized carbons (Fsp3) is 0.619. The van der Waals surface area contributed by atoms with Crippen molar-refractivity contribution in [3.8, 4) is 0 Å². The fourth-order valence-electron chi connectivity index (χ4n) is 7.30. The van der Waals surface area contributed by atoms with E-state index in [1.807, 2.05) is 0 Å². The van der Waals surface area contributed by atoms with Crippen molar-refractivity contribution in [3.63, 3.8) is 0 Å². The second-order valence-electron chi connectivity index (χ2n) is 18.4. The Hall–Kier alpha value is -3.85. The first-order valence-electron chi connectivity index (χ1n) is 28.7. The lowest BCUT2D eigenvalue weighted by molar-refractivity contribution is -0.161. The van der Waals surface area contributed by atoms with E-state index in [4.69, 9.17) is 24.3 Å². The van der Waals surface area contributed by atoms with E-state index < -0.39 is 32.5 Å². The molecule has 2 unspecified atom stereocenters. The Bertz CT molecular complexity index is 1650. The number of phosphoric acid groups is 1. The summed E-state index contributed by atoms with van der Waals surface area (Å²) in [5.74, 6) is -0.869. The first-order valence-corrected chi connectivity index (χ1v) is 30.2. The maximum Gasteiger partial charge on any atom is 0.472 e. The molecule has 0 aromatic carbocycles. The molecule has 0 aliphatic heterocycles. The summed E-state index contributed by atoms with van der Waals surface area (Å²) in [6, 6.07) is 0. The van der Waals surface area contributed by atoms with Gasteiger partial charge in [0.15, 0.2) is 6.10 Å². The van der Waals surface area contributed by atoms with Gasteiger partial charge < -0.3 is 20.1 Å². The summed E-state index contributed by atoms with van der Waals surface area (Å²) in [5.41, 5.74) is 5.38. The largest absolute Gasteiger partial charge is 0.472 e. The quantitative estimate of drug-likeness (QED) is 0.0264. The van der Waals surface area contributed by atoms with E-state index in [0.29, 0.717) is 12.8 Å². The lowest BCUT2D eigenvalue weighted by Gasteiger charge is -2.19. The monoisotopic (exact) mass is 1030 g/mol. The normalized spacial score (nSPS) is 14.1. The van der Waals surface area contributed by atoms with E-state index >= 15 is 0 Å². The van der Waals surface area contributed by atoms with E-state index in [1.54, 1.807) is 0 Å². The molecule has 73 heavy (non-hydrogen) atoms. The Kier molecular flexibility index (Phi) is 54.4. The third-order valence-corrected chi connectivity index (χ3v) is 12.5. The average molecular weight is 1030 g/mol. The molecular formula is C63H104NO8P. The zero-order valence-electron chi connectivity index (χ0n) is 46.1. The summed E-state index contributed by atoms with van der Waals surface area (Å²) in [7, 11) is -4.41. The molecule has 0 fully saturated rings. The van der Waals surface area contributed by atoms with Crippen molar-refractivity contribution in [2.45, 2.75) is 225 Å². The van der Waals surface area contributed by atoms with Gasteiger partial charge in [-0.15, -0.1) is 0 Å². The first kappa shape index (κ1) is 69.2. The minimum Gasteiger partial charge on any atom is -0.462 e. The molecule has 0 aromatic heterocycles. The molecule has 0 spiro atoms. The molecule has 0 rings (SSSR count). The van der Waals surface area contributed by atoms with Gasteiger partial charge in [-0.25, -0.2) is 4.57 Å². The van der Waals surface area contributed by atoms with Gasteiger partial charge in [-0.05, 0) is 116 Å². The Morgan fingerprint density at radius 1 is 0.425 bits per heavy atom. The van der Waals surface area contributed by atoms with Gasteiger partial charge in [0.25, 0.3) is 0 Å². The van der Waals surface area contributed by atoms with Gasteiger partial charge in [-0.1, -0.05) is 225 Å². The number of allylic oxidation sites excluding steroid dienone is 22. The predicted octanol–water partition coefficient (Wildman–Crippen LogP) is 18.2. The molecule has 0 amide bonds. The number of unbranched alkanes of at least 4 members (excludes halogenated alkanes) is 17. The first-order chi connectivity index (χ1) is 35.8. The molecular weight excluding hydrogens is 930 g/mol. The minimum atomic E-state index is -4.41. The molecule has 0 bridgehead atoms. The third-order valence-electron chi connectivity index (χ3n) is 11.5. The zero-order chi connectivity index (χ0) is 53.1. The summed E-state index contributed by atoms with van der Waals surface area (Å²) in [5, 5.41) is 0. The van der Waals surface area contributed by atoms with Crippen LogP contribution in [0.1, 0.15) is 219 Å². The predicted molar refractivity (Wildman–Crippen MR) is 311 cm³/mol. The molecule has 0 aliphatic carbocycles. The topological polar surface area (TPSA) is 134 Å². The molecule has 9 nitrogen and oxygen atoms in total. The number of carbonyl (C=O) groups is 2. The maximum atomic E-state index is 12.7. The van der Waals surface area contributed by atoms with Crippen LogP contribution in [-0.2, 0) is 32.7 Å². The molecule has 414 valence electrons. The summed E-state index contributed by atoms with van der Waals surface area (Å²) in [6.07, 6.45) is 80.6. The van der Waals surface area contributed by atoms with Crippen LogP contribution in [-0.4, -0.2) is 49.3 Å². The van der Waals surface area contributed by atoms with Gasteiger partial charge >= 0.3 is 19.8 Å². The van der Waals surface area contributed by atoms with Gasteiger partial charge in [0.05, 0.1) is 13.2 Å². The van der Waals surface area contributed by atoms with Crippen molar-refractivity contribution >= 4 is 19.8 Å². The van der Waals surface area contributed by atoms with Crippen molar-refractivity contribution in [1.29, 1.82) is 0 Å². The van der Waals surface area contributed by atoms with Crippen molar-refractivity contribution in [1.82, 2.24) is 0 Å².